The van der Waals surface area contributed by atoms with Crippen LogP contribution in [0.25, 0.3) is 0 Å². The normalized spacial score (nSPS) is 24.9. The Labute approximate surface area is 253 Å². The van der Waals surface area contributed by atoms with Crippen molar-refractivity contribution in [1.82, 2.24) is 0 Å². The Kier molecular flexibility index (Phi) is 13.6. The van der Waals surface area contributed by atoms with Gasteiger partial charge in [-0.3, -0.25) is 0 Å². The molecule has 1 unspecified atom stereocenters. The van der Waals surface area contributed by atoms with E-state index in [0.717, 1.165) is 25.7 Å². The maximum Gasteiger partial charge on any atom is 0.0585 e. The van der Waals surface area contributed by atoms with Crippen molar-refractivity contribution in [1.29, 1.82) is 0 Å². The molecule has 0 aromatic rings. The van der Waals surface area contributed by atoms with Crippen LogP contribution in [0.4, 0.5) is 0 Å². The molecule has 0 aromatic carbocycles. The lowest BCUT2D eigenvalue weighted by atomic mass is 9.68. The van der Waals surface area contributed by atoms with E-state index in [1.165, 1.54) is 51.9 Å². The van der Waals surface area contributed by atoms with Crippen LogP contribution in [0.3, 0.4) is 0 Å². The quantitative estimate of drug-likeness (QED) is 0.199. The Morgan fingerprint density at radius 1 is 0.878 bits per heavy atom. The molecular weight excluding hydrogens is 496 g/mol. The summed E-state index contributed by atoms with van der Waals surface area (Å²) in [6.07, 6.45) is 35.0. The molecule has 2 atom stereocenters. The monoisotopic (exact) mass is 554 g/mol. The highest BCUT2D eigenvalue weighted by Crippen LogP contribution is 2.42. The minimum Gasteiger partial charge on any atom is -0.393 e. The van der Waals surface area contributed by atoms with Crippen molar-refractivity contribution >= 4 is 0 Å². The van der Waals surface area contributed by atoms with E-state index in [1.54, 1.807) is 0 Å². The summed E-state index contributed by atoms with van der Waals surface area (Å²) in [5, 5.41) is 10.1. The third-order valence-electron chi connectivity index (χ3n) is 8.70. The Balaban J connectivity index is 1.83. The van der Waals surface area contributed by atoms with Crippen molar-refractivity contribution in [3.8, 4) is 0 Å². The fraction of sp³-hybridized carbons (Fsp3) is 0.500. The fourth-order valence-electron chi connectivity index (χ4n) is 6.19. The predicted octanol–water partition coefficient (Wildman–Crippen LogP) is 11.7. The van der Waals surface area contributed by atoms with Gasteiger partial charge in [0.05, 0.1) is 6.10 Å². The molecule has 41 heavy (non-hydrogen) atoms. The molecule has 0 aromatic heterocycles. The number of hydrogen-bond acceptors (Lipinski definition) is 1. The van der Waals surface area contributed by atoms with E-state index < -0.39 is 0 Å². The molecule has 1 N–H and O–H groups in total. The van der Waals surface area contributed by atoms with Crippen LogP contribution in [0.5, 0.6) is 0 Å². The lowest BCUT2D eigenvalue weighted by Crippen LogP contribution is -2.28. The zero-order valence-corrected chi connectivity index (χ0v) is 27.9. The molecule has 0 radical (unpaired) electrons. The van der Waals surface area contributed by atoms with Crippen molar-refractivity contribution in [3.63, 3.8) is 0 Å². The highest BCUT2D eigenvalue weighted by atomic mass is 16.3. The van der Waals surface area contributed by atoms with Gasteiger partial charge in [0.15, 0.2) is 0 Å². The minimum absolute atomic E-state index is 0.0168. The molecule has 1 nitrogen and oxygen atoms in total. The van der Waals surface area contributed by atoms with Gasteiger partial charge in [-0.05, 0) is 96.5 Å². The summed E-state index contributed by atoms with van der Waals surface area (Å²) >= 11 is 0. The van der Waals surface area contributed by atoms with Gasteiger partial charge in [0, 0.05) is 5.92 Å². The Hall–Kier alpha value is -2.64. The van der Waals surface area contributed by atoms with E-state index in [-0.39, 0.29) is 11.5 Å². The van der Waals surface area contributed by atoms with Crippen LogP contribution in [0.2, 0.25) is 0 Å². The molecule has 0 heterocycles. The van der Waals surface area contributed by atoms with Gasteiger partial charge in [-0.2, -0.15) is 0 Å². The number of aliphatic hydroxyl groups excluding tert-OH is 1. The van der Waals surface area contributed by atoms with Crippen molar-refractivity contribution in [2.75, 3.05) is 0 Å². The third-order valence-corrected chi connectivity index (χ3v) is 8.70. The fourth-order valence-corrected chi connectivity index (χ4v) is 6.19. The summed E-state index contributed by atoms with van der Waals surface area (Å²) in [5.74, 6) is 0.548. The first kappa shape index (κ1) is 34.6. The minimum atomic E-state index is -0.217. The topological polar surface area (TPSA) is 20.2 Å². The smallest absolute Gasteiger partial charge is 0.0585 e. The average molecular weight is 555 g/mol. The highest BCUT2D eigenvalue weighted by molar-refractivity contribution is 5.38. The number of aliphatic hydroxyl groups is 1. The molecule has 0 fully saturated rings. The van der Waals surface area contributed by atoms with Gasteiger partial charge >= 0.3 is 0 Å². The second-order valence-corrected chi connectivity index (χ2v) is 13.9. The predicted molar refractivity (Wildman–Crippen MR) is 183 cm³/mol. The van der Waals surface area contributed by atoms with Gasteiger partial charge in [-0.1, -0.05) is 140 Å². The van der Waals surface area contributed by atoms with Crippen LogP contribution in [0.1, 0.15) is 108 Å². The van der Waals surface area contributed by atoms with Crippen LogP contribution in [0.15, 0.2) is 118 Å². The maximum absolute atomic E-state index is 10.1. The SMILES string of the molecule is CC1=CCCC(C)(C)C1/C=C/C(C)=C/CC/C(C)=C/C=C/C=C(C)/C=C/C=C(C)/C=C/C1=C(C)C[C@@H](O)CC1(C)C. The van der Waals surface area contributed by atoms with Crippen molar-refractivity contribution in [3.05, 3.63) is 118 Å². The Bertz CT molecular complexity index is 1190. The molecule has 0 saturated heterocycles. The van der Waals surface area contributed by atoms with Gasteiger partial charge in [0.1, 0.15) is 0 Å². The molecule has 224 valence electrons. The number of rotatable bonds is 11. The standard InChI is InChI=1S/C40H58O/c1-30(18-13-20-32(3)23-25-37-34(5)22-15-27-39(37,7)8)16-11-12-17-31(2)19-14-21-33(4)24-26-38-35(6)28-36(41)29-40(38,9)10/h11-12,14,16-17,19-26,36-37,41H,13,15,18,27-29H2,1-10H3/b12-11+,19-14+,25-23+,26-24+,30-16+,31-17+,32-20+,33-21+/t36-,37?/m1/s1. The molecule has 0 bridgehead atoms. The molecule has 2 aliphatic rings. The highest BCUT2D eigenvalue weighted by Gasteiger charge is 2.31. The van der Waals surface area contributed by atoms with E-state index in [9.17, 15) is 5.11 Å². The molecule has 2 aliphatic carbocycles. The third kappa shape index (κ3) is 12.0. The Morgan fingerprint density at radius 3 is 2.22 bits per heavy atom. The summed E-state index contributed by atoms with van der Waals surface area (Å²) < 4.78 is 0. The van der Waals surface area contributed by atoms with Gasteiger partial charge in [0.2, 0.25) is 0 Å². The van der Waals surface area contributed by atoms with E-state index >= 15 is 0 Å². The molecular formula is C40H58O. The summed E-state index contributed by atoms with van der Waals surface area (Å²) in [6.45, 7) is 22.4. The molecule has 2 rings (SSSR count). The number of hydrogen-bond donors (Lipinski definition) is 1. The summed E-state index contributed by atoms with van der Waals surface area (Å²) in [4.78, 5) is 0. The first-order valence-corrected chi connectivity index (χ1v) is 15.6. The molecule has 0 spiro atoms. The first-order chi connectivity index (χ1) is 19.2. The largest absolute Gasteiger partial charge is 0.393 e. The van der Waals surface area contributed by atoms with E-state index in [4.69, 9.17) is 0 Å². The Morgan fingerprint density at radius 2 is 1.54 bits per heavy atom. The van der Waals surface area contributed by atoms with E-state index in [0.29, 0.717) is 11.3 Å². The summed E-state index contributed by atoms with van der Waals surface area (Å²) in [7, 11) is 0. The summed E-state index contributed by atoms with van der Waals surface area (Å²) in [5.41, 5.74) is 9.74. The zero-order valence-electron chi connectivity index (χ0n) is 27.9. The first-order valence-electron chi connectivity index (χ1n) is 15.6. The van der Waals surface area contributed by atoms with Crippen LogP contribution in [-0.2, 0) is 0 Å². The van der Waals surface area contributed by atoms with Crippen molar-refractivity contribution < 1.29 is 5.11 Å². The van der Waals surface area contributed by atoms with Crippen LogP contribution >= 0.6 is 0 Å². The van der Waals surface area contributed by atoms with E-state index in [2.05, 4.69) is 148 Å². The summed E-state index contributed by atoms with van der Waals surface area (Å²) in [6, 6.07) is 0. The molecule has 0 saturated carbocycles. The molecule has 1 heteroatoms. The second kappa shape index (κ2) is 16.1. The number of allylic oxidation sites excluding steroid dienone is 19. The van der Waals surface area contributed by atoms with Gasteiger partial charge in [-0.15, -0.1) is 0 Å². The van der Waals surface area contributed by atoms with Crippen molar-refractivity contribution in [2.45, 2.75) is 114 Å². The average Bonchev–Trinajstić information content (AvgIpc) is 2.84. The van der Waals surface area contributed by atoms with E-state index in [1.807, 2.05) is 0 Å². The second-order valence-electron chi connectivity index (χ2n) is 13.9. The maximum atomic E-state index is 10.1. The van der Waals surface area contributed by atoms with Gasteiger partial charge < -0.3 is 5.11 Å². The lowest BCUT2D eigenvalue weighted by Gasteiger charge is -2.36. The van der Waals surface area contributed by atoms with Crippen LogP contribution in [-0.4, -0.2) is 11.2 Å². The molecule has 0 aliphatic heterocycles. The van der Waals surface area contributed by atoms with Gasteiger partial charge in [-0.25, -0.2) is 0 Å². The van der Waals surface area contributed by atoms with Crippen molar-refractivity contribution in [2.24, 2.45) is 16.7 Å². The lowest BCUT2D eigenvalue weighted by molar-refractivity contribution is 0.116. The van der Waals surface area contributed by atoms with Crippen LogP contribution < -0.4 is 0 Å². The van der Waals surface area contributed by atoms with Crippen LogP contribution in [0, 0.1) is 16.7 Å². The zero-order chi connectivity index (χ0) is 30.6. The van der Waals surface area contributed by atoms with Gasteiger partial charge in [0.25, 0.3) is 0 Å². The molecule has 0 amide bonds.